The van der Waals surface area contributed by atoms with E-state index >= 15 is 0 Å². The molecule has 0 spiro atoms. The lowest BCUT2D eigenvalue weighted by Crippen LogP contribution is -2.61. The number of hydrogen-bond acceptors (Lipinski definition) is 17. The van der Waals surface area contributed by atoms with E-state index in [1.165, 1.54) is 13.0 Å². The van der Waals surface area contributed by atoms with Crippen molar-refractivity contribution in [2.45, 2.75) is 177 Å². The maximum Gasteiger partial charge on any atom is 0.311 e. The highest BCUT2D eigenvalue weighted by Crippen LogP contribution is 2.38. The second kappa shape index (κ2) is 27.4. The van der Waals surface area contributed by atoms with E-state index in [-0.39, 0.29) is 31.6 Å². The lowest BCUT2D eigenvalue weighted by atomic mass is 9.82. The third-order valence-electron chi connectivity index (χ3n) is 12.0. The highest BCUT2D eigenvalue weighted by Gasteiger charge is 2.51. The third-order valence-corrected chi connectivity index (χ3v) is 12.0. The summed E-state index contributed by atoms with van der Waals surface area (Å²) in [6, 6.07) is -1.14. The molecule has 368 valence electrons. The van der Waals surface area contributed by atoms with Crippen LogP contribution in [0.4, 0.5) is 0 Å². The first-order chi connectivity index (χ1) is 30.6. The number of allylic oxidation sites excluding steroid dienone is 12. The molecule has 3 aliphatic heterocycles. The van der Waals surface area contributed by atoms with Crippen molar-refractivity contribution in [3.05, 3.63) is 85.1 Å². The standard InChI is InChI=1S/C47H73NO17/c1-27-17-15-13-11-9-7-5-6-8-10-12-14-16-18-34(64-46-44(58)41(48)43(57)30(4)63-46)24-38-40(45(59)60)37(54)26-47(61,65-38)25-33(51)21-31(49)19-20-35(52)36(53)22-32(50)23-39(55)62-29(3)28(2)42(27)56/h5-18,27-38,40-44,46,49-54,56-58,61H,19-26,48H2,1-4H3,(H,59,60)/b6-5+,9-7+,10-8+,13-11+,14-12+,17-15-,18-16+/t27-,28+,29-,30?,31-,32+,33-,34-,35-,36-,37-,38-,40+,41?,42+,43?,44?,46?,47+/m0/s1. The Bertz CT molecular complexity index is 1670. The smallest absolute Gasteiger partial charge is 0.311 e. The normalized spacial score (nSPS) is 45.5. The van der Waals surface area contributed by atoms with Crippen LogP contribution >= 0.6 is 0 Å². The average molecular weight is 924 g/mol. The molecule has 3 heterocycles. The molecule has 13 N–H and O–H groups in total. The molecular weight excluding hydrogens is 851 g/mol. The number of ether oxygens (including phenoxy) is 4. The first-order valence-electron chi connectivity index (χ1n) is 22.3. The fourth-order valence-corrected chi connectivity index (χ4v) is 7.97. The lowest BCUT2D eigenvalue weighted by molar-refractivity contribution is -0.308. The summed E-state index contributed by atoms with van der Waals surface area (Å²) in [5.74, 6) is -6.82. The number of carbonyl (C=O) groups is 2. The van der Waals surface area contributed by atoms with Gasteiger partial charge < -0.3 is 80.9 Å². The minimum atomic E-state index is -2.29. The molecule has 5 unspecified atom stereocenters. The summed E-state index contributed by atoms with van der Waals surface area (Å²) in [5, 5.41) is 118. The molecule has 0 aliphatic carbocycles. The monoisotopic (exact) mass is 923 g/mol. The number of carboxylic acid groups (broad SMARTS) is 1. The summed E-state index contributed by atoms with van der Waals surface area (Å²) >= 11 is 0. The van der Waals surface area contributed by atoms with Gasteiger partial charge in [-0.1, -0.05) is 98.9 Å². The Morgan fingerprint density at radius 2 is 1.23 bits per heavy atom. The van der Waals surface area contributed by atoms with Crippen LogP contribution in [0.5, 0.6) is 0 Å². The minimum Gasteiger partial charge on any atom is -0.481 e. The Hall–Kier alpha value is -3.44. The highest BCUT2D eigenvalue weighted by molar-refractivity contribution is 5.71. The van der Waals surface area contributed by atoms with Gasteiger partial charge in [-0.05, 0) is 33.1 Å². The molecular formula is C47H73NO17. The minimum absolute atomic E-state index is 0.140. The number of aliphatic carboxylic acids is 1. The number of carboxylic acids is 1. The van der Waals surface area contributed by atoms with Crippen molar-refractivity contribution in [3.63, 3.8) is 0 Å². The quantitative estimate of drug-likeness (QED) is 0.174. The van der Waals surface area contributed by atoms with Gasteiger partial charge in [0.25, 0.3) is 0 Å². The van der Waals surface area contributed by atoms with E-state index in [4.69, 9.17) is 24.7 Å². The van der Waals surface area contributed by atoms with E-state index in [1.807, 2.05) is 13.0 Å². The van der Waals surface area contributed by atoms with Crippen LogP contribution in [-0.2, 0) is 28.5 Å². The molecule has 2 bridgehead atoms. The average Bonchev–Trinajstić information content (AvgIpc) is 3.21. The Balaban J connectivity index is 1.86. The molecule has 0 saturated carbocycles. The molecule has 0 radical (unpaired) electrons. The molecule has 65 heavy (non-hydrogen) atoms. The van der Waals surface area contributed by atoms with E-state index < -0.39 is 147 Å². The van der Waals surface area contributed by atoms with Gasteiger partial charge in [-0.2, -0.15) is 0 Å². The van der Waals surface area contributed by atoms with Crippen LogP contribution in [0.25, 0.3) is 0 Å². The van der Waals surface area contributed by atoms with Crippen LogP contribution in [0, 0.1) is 17.8 Å². The lowest BCUT2D eigenvalue weighted by Gasteiger charge is -2.45. The molecule has 2 fully saturated rings. The summed E-state index contributed by atoms with van der Waals surface area (Å²) in [5.41, 5.74) is 6.02. The topological polar surface area (TPSA) is 320 Å². The number of rotatable bonds is 3. The van der Waals surface area contributed by atoms with Crippen LogP contribution in [-0.4, -0.2) is 166 Å². The molecule has 0 aromatic rings. The zero-order valence-electron chi connectivity index (χ0n) is 37.6. The van der Waals surface area contributed by atoms with Gasteiger partial charge in [-0.25, -0.2) is 0 Å². The summed E-state index contributed by atoms with van der Waals surface area (Å²) in [6.07, 6.45) is 3.55. The first kappa shape index (κ1) is 55.9. The van der Waals surface area contributed by atoms with Crippen LogP contribution in [0.3, 0.4) is 0 Å². The Morgan fingerprint density at radius 1 is 0.662 bits per heavy atom. The van der Waals surface area contributed by atoms with Gasteiger partial charge in [-0.3, -0.25) is 9.59 Å². The molecule has 18 heteroatoms. The fourth-order valence-electron chi connectivity index (χ4n) is 7.97. The van der Waals surface area contributed by atoms with E-state index in [1.54, 1.807) is 86.8 Å². The van der Waals surface area contributed by atoms with Crippen LogP contribution in [0.15, 0.2) is 85.1 Å². The van der Waals surface area contributed by atoms with Crippen molar-refractivity contribution < 1.29 is 84.7 Å². The SMILES string of the molecule is CC1OC(O[C@H]2/C=C/C=C/C=C/C=C/C=C/C=C/C=C\[C@H](C)[C@@H](O)[C@H](C)[C@H](C)OC(=O)C[C@H](O)C[C@H](O)[C@@H](O)CC[C@H](O)C[C@H](O)C[C@]3(O)C[C@H](O)[C@@H](C(=O)O)[C@H](C2)O3)C(O)C(N)C1O. The second-order valence-electron chi connectivity index (χ2n) is 17.6. The summed E-state index contributed by atoms with van der Waals surface area (Å²) in [6.45, 7) is 6.72. The number of cyclic esters (lactones) is 1. The van der Waals surface area contributed by atoms with E-state index in [0.717, 1.165) is 0 Å². The second-order valence-corrected chi connectivity index (χ2v) is 17.6. The van der Waals surface area contributed by atoms with Crippen LogP contribution in [0.1, 0.15) is 79.1 Å². The highest BCUT2D eigenvalue weighted by atomic mass is 16.7. The van der Waals surface area contributed by atoms with Crippen molar-refractivity contribution in [3.8, 4) is 0 Å². The molecule has 0 aromatic heterocycles. The summed E-state index contributed by atoms with van der Waals surface area (Å²) in [4.78, 5) is 25.1. The van der Waals surface area contributed by atoms with Crippen molar-refractivity contribution in [2.24, 2.45) is 23.5 Å². The number of nitrogens with two attached hydrogens (primary N) is 1. The maximum atomic E-state index is 12.6. The van der Waals surface area contributed by atoms with E-state index in [9.17, 15) is 65.8 Å². The number of aliphatic hydroxyl groups excluding tert-OH is 9. The Morgan fingerprint density at radius 3 is 1.82 bits per heavy atom. The van der Waals surface area contributed by atoms with E-state index in [0.29, 0.717) is 0 Å². The maximum absolute atomic E-state index is 12.6. The zero-order valence-corrected chi connectivity index (χ0v) is 37.6. The predicted molar refractivity (Wildman–Crippen MR) is 237 cm³/mol. The molecule has 2 saturated heterocycles. The molecule has 3 aliphatic rings. The Labute approximate surface area is 381 Å². The van der Waals surface area contributed by atoms with Gasteiger partial charge in [0.2, 0.25) is 0 Å². The fraction of sp³-hybridized carbons (Fsp3) is 0.660. The van der Waals surface area contributed by atoms with Crippen LogP contribution < -0.4 is 5.73 Å². The zero-order chi connectivity index (χ0) is 48.4. The van der Waals surface area contributed by atoms with Gasteiger partial charge in [0.05, 0.1) is 79.6 Å². The number of carbonyl (C=O) groups excluding carboxylic acids is 1. The molecule has 0 aromatic carbocycles. The Kier molecular flexibility index (Phi) is 23.6. The molecule has 19 atom stereocenters. The van der Waals surface area contributed by atoms with Gasteiger partial charge >= 0.3 is 11.9 Å². The van der Waals surface area contributed by atoms with Gasteiger partial charge in [0.1, 0.15) is 18.1 Å². The number of hydrogen-bond donors (Lipinski definition) is 12. The van der Waals surface area contributed by atoms with E-state index in [2.05, 4.69) is 0 Å². The third kappa shape index (κ3) is 18.6. The van der Waals surface area contributed by atoms with Crippen LogP contribution in [0.2, 0.25) is 0 Å². The summed E-state index contributed by atoms with van der Waals surface area (Å²) < 4.78 is 23.1. The molecule has 0 amide bonds. The number of aliphatic hydroxyl groups is 10. The summed E-state index contributed by atoms with van der Waals surface area (Å²) in [7, 11) is 0. The van der Waals surface area contributed by atoms with Crippen molar-refractivity contribution >= 4 is 11.9 Å². The van der Waals surface area contributed by atoms with Gasteiger partial charge in [-0.15, -0.1) is 0 Å². The largest absolute Gasteiger partial charge is 0.481 e. The van der Waals surface area contributed by atoms with Crippen molar-refractivity contribution in [2.75, 3.05) is 0 Å². The first-order valence-corrected chi connectivity index (χ1v) is 22.3. The number of esters is 1. The predicted octanol–water partition coefficient (Wildman–Crippen LogP) is 0.712. The van der Waals surface area contributed by atoms with Gasteiger partial charge in [0, 0.05) is 37.5 Å². The van der Waals surface area contributed by atoms with Crippen molar-refractivity contribution in [1.29, 1.82) is 0 Å². The molecule has 18 nitrogen and oxygen atoms in total. The van der Waals surface area contributed by atoms with Gasteiger partial charge in [0.15, 0.2) is 12.1 Å². The molecule has 3 rings (SSSR count). The van der Waals surface area contributed by atoms with Crippen molar-refractivity contribution in [1.82, 2.24) is 0 Å². The number of fused-ring (bicyclic) bond motifs is 2.